The molecular weight excluding hydrogens is 274 g/mol. The molecule has 0 aliphatic carbocycles. The van der Waals surface area contributed by atoms with Gasteiger partial charge in [0.05, 0.1) is 0 Å². The molecule has 0 radical (unpaired) electrons. The molecule has 0 spiro atoms. The molecule has 0 aromatic heterocycles. The summed E-state index contributed by atoms with van der Waals surface area (Å²) in [7, 11) is 0. The van der Waals surface area contributed by atoms with Crippen molar-refractivity contribution in [3.05, 3.63) is 60.2 Å². The third-order valence-electron chi connectivity index (χ3n) is 3.79. The minimum atomic E-state index is -0.549. The van der Waals surface area contributed by atoms with Crippen molar-refractivity contribution < 1.29 is 9.53 Å². The molecule has 2 atom stereocenters. The minimum absolute atomic E-state index is 0.139. The summed E-state index contributed by atoms with van der Waals surface area (Å²) >= 11 is 0. The van der Waals surface area contributed by atoms with Crippen LogP contribution < -0.4 is 10.1 Å². The number of para-hydroxylation sites is 2. The Morgan fingerprint density at radius 3 is 2.36 bits per heavy atom. The van der Waals surface area contributed by atoms with E-state index in [-0.39, 0.29) is 5.91 Å². The first-order chi connectivity index (χ1) is 10.6. The highest BCUT2D eigenvalue weighted by molar-refractivity contribution is 5.94. The van der Waals surface area contributed by atoms with Gasteiger partial charge in [0, 0.05) is 5.69 Å². The Hall–Kier alpha value is -2.29. The van der Waals surface area contributed by atoms with Crippen LogP contribution in [0.2, 0.25) is 0 Å². The Morgan fingerprint density at radius 1 is 1.05 bits per heavy atom. The smallest absolute Gasteiger partial charge is 0.265 e. The summed E-state index contributed by atoms with van der Waals surface area (Å²) in [6.45, 7) is 6.06. The summed E-state index contributed by atoms with van der Waals surface area (Å²) in [4.78, 5) is 12.3. The standard InChI is InChI=1S/C19H23NO2/c1-4-14(2)17-12-8-9-13-18(17)20-19(21)15(3)22-16-10-6-5-7-11-16/h5-15H,4H2,1-3H3,(H,20,21)/t14-,15+/m0/s1. The first kappa shape index (κ1) is 16.1. The maximum atomic E-state index is 12.3. The van der Waals surface area contributed by atoms with Gasteiger partial charge >= 0.3 is 0 Å². The summed E-state index contributed by atoms with van der Waals surface area (Å²) in [5.41, 5.74) is 2.02. The summed E-state index contributed by atoms with van der Waals surface area (Å²) in [6.07, 6.45) is 0.482. The van der Waals surface area contributed by atoms with Crippen molar-refractivity contribution in [1.82, 2.24) is 0 Å². The van der Waals surface area contributed by atoms with E-state index in [0.29, 0.717) is 11.7 Å². The molecule has 0 heterocycles. The van der Waals surface area contributed by atoms with Crippen LogP contribution in [0.5, 0.6) is 5.75 Å². The van der Waals surface area contributed by atoms with Crippen LogP contribution in [0.4, 0.5) is 5.69 Å². The number of amides is 1. The molecule has 0 fully saturated rings. The van der Waals surface area contributed by atoms with E-state index in [1.165, 1.54) is 0 Å². The average Bonchev–Trinajstić information content (AvgIpc) is 2.55. The van der Waals surface area contributed by atoms with Crippen molar-refractivity contribution in [3.63, 3.8) is 0 Å². The Morgan fingerprint density at radius 2 is 1.68 bits per heavy atom. The topological polar surface area (TPSA) is 38.3 Å². The molecule has 0 saturated carbocycles. The molecule has 0 unspecified atom stereocenters. The van der Waals surface area contributed by atoms with E-state index in [1.807, 2.05) is 48.5 Å². The highest BCUT2D eigenvalue weighted by Gasteiger charge is 2.17. The van der Waals surface area contributed by atoms with Crippen LogP contribution in [-0.4, -0.2) is 12.0 Å². The van der Waals surface area contributed by atoms with Crippen molar-refractivity contribution in [2.45, 2.75) is 39.2 Å². The maximum absolute atomic E-state index is 12.3. The van der Waals surface area contributed by atoms with Crippen molar-refractivity contribution in [2.75, 3.05) is 5.32 Å². The Bertz CT molecular complexity index is 610. The van der Waals surface area contributed by atoms with Gasteiger partial charge in [0.1, 0.15) is 5.75 Å². The van der Waals surface area contributed by atoms with Crippen LogP contribution in [0.1, 0.15) is 38.7 Å². The number of carbonyl (C=O) groups is 1. The Kier molecular flexibility index (Phi) is 5.59. The van der Waals surface area contributed by atoms with Gasteiger partial charge in [0.25, 0.3) is 5.91 Å². The van der Waals surface area contributed by atoms with Gasteiger partial charge in [-0.1, -0.05) is 50.2 Å². The SMILES string of the molecule is CC[C@H](C)c1ccccc1NC(=O)[C@@H](C)Oc1ccccc1. The highest BCUT2D eigenvalue weighted by Crippen LogP contribution is 2.26. The molecule has 0 aliphatic heterocycles. The molecule has 3 nitrogen and oxygen atoms in total. The molecule has 0 saturated heterocycles. The molecular formula is C19H23NO2. The quantitative estimate of drug-likeness (QED) is 0.845. The zero-order chi connectivity index (χ0) is 15.9. The number of benzene rings is 2. The van der Waals surface area contributed by atoms with Crippen LogP contribution in [0, 0.1) is 0 Å². The van der Waals surface area contributed by atoms with Crippen molar-refractivity contribution in [2.24, 2.45) is 0 Å². The van der Waals surface area contributed by atoms with E-state index in [0.717, 1.165) is 17.7 Å². The van der Waals surface area contributed by atoms with E-state index in [9.17, 15) is 4.79 Å². The van der Waals surface area contributed by atoms with E-state index in [2.05, 4.69) is 25.2 Å². The van der Waals surface area contributed by atoms with Gasteiger partial charge in [-0.2, -0.15) is 0 Å². The fraction of sp³-hybridized carbons (Fsp3) is 0.316. The number of ether oxygens (including phenoxy) is 1. The molecule has 1 amide bonds. The van der Waals surface area contributed by atoms with E-state index >= 15 is 0 Å². The molecule has 116 valence electrons. The largest absolute Gasteiger partial charge is 0.481 e. The number of hydrogen-bond donors (Lipinski definition) is 1. The summed E-state index contributed by atoms with van der Waals surface area (Å²) < 4.78 is 5.66. The highest BCUT2D eigenvalue weighted by atomic mass is 16.5. The number of hydrogen-bond acceptors (Lipinski definition) is 2. The normalized spacial score (nSPS) is 13.2. The Labute approximate surface area is 132 Å². The van der Waals surface area contributed by atoms with Crippen LogP contribution in [-0.2, 0) is 4.79 Å². The first-order valence-electron chi connectivity index (χ1n) is 7.73. The first-order valence-corrected chi connectivity index (χ1v) is 7.73. The number of rotatable bonds is 6. The second kappa shape index (κ2) is 7.64. The van der Waals surface area contributed by atoms with Gasteiger partial charge in [-0.05, 0) is 43.0 Å². The predicted molar refractivity (Wildman–Crippen MR) is 90.3 cm³/mol. The van der Waals surface area contributed by atoms with Gasteiger partial charge in [-0.3, -0.25) is 4.79 Å². The molecule has 0 aliphatic rings. The van der Waals surface area contributed by atoms with Crippen LogP contribution in [0.3, 0.4) is 0 Å². The molecule has 2 aromatic carbocycles. The van der Waals surface area contributed by atoms with Crippen LogP contribution in [0.25, 0.3) is 0 Å². The third kappa shape index (κ3) is 4.10. The second-order valence-electron chi connectivity index (χ2n) is 5.46. The van der Waals surface area contributed by atoms with Gasteiger partial charge in [-0.25, -0.2) is 0 Å². The summed E-state index contributed by atoms with van der Waals surface area (Å²) in [6, 6.07) is 17.3. The molecule has 22 heavy (non-hydrogen) atoms. The number of anilines is 1. The molecule has 1 N–H and O–H groups in total. The average molecular weight is 297 g/mol. The van der Waals surface area contributed by atoms with Gasteiger partial charge < -0.3 is 10.1 Å². The number of carbonyl (C=O) groups excluding carboxylic acids is 1. The molecule has 2 aromatic rings. The summed E-state index contributed by atoms with van der Waals surface area (Å²) in [5, 5.41) is 2.98. The van der Waals surface area contributed by atoms with Crippen molar-refractivity contribution in [1.29, 1.82) is 0 Å². The lowest BCUT2D eigenvalue weighted by molar-refractivity contribution is -0.122. The van der Waals surface area contributed by atoms with Crippen LogP contribution in [0.15, 0.2) is 54.6 Å². The fourth-order valence-electron chi connectivity index (χ4n) is 2.25. The van der Waals surface area contributed by atoms with Crippen LogP contribution >= 0.6 is 0 Å². The molecule has 3 heteroatoms. The minimum Gasteiger partial charge on any atom is -0.481 e. The van der Waals surface area contributed by atoms with E-state index in [1.54, 1.807) is 6.92 Å². The van der Waals surface area contributed by atoms with Gasteiger partial charge in [0.15, 0.2) is 6.10 Å². The zero-order valence-electron chi connectivity index (χ0n) is 13.4. The Balaban J connectivity index is 2.05. The second-order valence-corrected chi connectivity index (χ2v) is 5.46. The monoisotopic (exact) mass is 297 g/mol. The lowest BCUT2D eigenvalue weighted by Gasteiger charge is -2.18. The number of nitrogens with one attached hydrogen (secondary N) is 1. The fourth-order valence-corrected chi connectivity index (χ4v) is 2.25. The zero-order valence-corrected chi connectivity index (χ0v) is 13.4. The molecule has 2 rings (SSSR count). The van der Waals surface area contributed by atoms with Crippen molar-refractivity contribution in [3.8, 4) is 5.75 Å². The van der Waals surface area contributed by atoms with Gasteiger partial charge in [0.2, 0.25) is 0 Å². The third-order valence-corrected chi connectivity index (χ3v) is 3.79. The maximum Gasteiger partial charge on any atom is 0.265 e. The predicted octanol–water partition coefficient (Wildman–Crippen LogP) is 4.61. The lowest BCUT2D eigenvalue weighted by Crippen LogP contribution is -2.30. The van der Waals surface area contributed by atoms with E-state index < -0.39 is 6.10 Å². The summed E-state index contributed by atoms with van der Waals surface area (Å²) in [5.74, 6) is 0.960. The van der Waals surface area contributed by atoms with E-state index in [4.69, 9.17) is 4.74 Å². The van der Waals surface area contributed by atoms with Gasteiger partial charge in [-0.15, -0.1) is 0 Å². The molecule has 0 bridgehead atoms. The lowest BCUT2D eigenvalue weighted by atomic mass is 9.97. The van der Waals surface area contributed by atoms with Crippen molar-refractivity contribution >= 4 is 11.6 Å².